The van der Waals surface area contributed by atoms with Gasteiger partial charge >= 0.3 is 0 Å². The van der Waals surface area contributed by atoms with Crippen molar-refractivity contribution in [3.05, 3.63) is 42.2 Å². The van der Waals surface area contributed by atoms with Crippen molar-refractivity contribution in [1.82, 2.24) is 0 Å². The first-order chi connectivity index (χ1) is 7.45. The summed E-state index contributed by atoms with van der Waals surface area (Å²) < 4.78 is 5.57. The predicted octanol–water partition coefficient (Wildman–Crippen LogP) is 2.82. The largest absolute Gasteiger partial charge is 0.465 e. The first-order valence-electron chi connectivity index (χ1n) is 5.03. The Bertz CT molecular complexity index is 439. The molecular formula is C12H11NOS. The average Bonchev–Trinajstić information content (AvgIpc) is 2.48. The zero-order valence-corrected chi connectivity index (χ0v) is 9.04. The number of rotatable bonds is 0. The Labute approximate surface area is 93.1 Å². The second-order valence-electron chi connectivity index (χ2n) is 3.52. The van der Waals surface area contributed by atoms with E-state index in [2.05, 4.69) is 17.1 Å². The van der Waals surface area contributed by atoms with Crippen molar-refractivity contribution in [2.45, 2.75) is 5.25 Å². The van der Waals surface area contributed by atoms with Crippen LogP contribution in [0.25, 0.3) is 0 Å². The fourth-order valence-corrected chi connectivity index (χ4v) is 3.01. The van der Waals surface area contributed by atoms with Crippen LogP contribution in [0.15, 0.2) is 41.6 Å². The van der Waals surface area contributed by atoms with E-state index >= 15 is 0 Å². The Kier molecular flexibility index (Phi) is 2.25. The van der Waals surface area contributed by atoms with Gasteiger partial charge in [0.05, 0.1) is 17.2 Å². The predicted molar refractivity (Wildman–Crippen MR) is 63.7 cm³/mol. The molecule has 1 aromatic rings. The molecule has 0 aliphatic carbocycles. The van der Waals surface area contributed by atoms with Gasteiger partial charge in [0.1, 0.15) is 5.75 Å². The SMILES string of the molecule is C1=CC2=NCCSC2c2ccccc2O1. The van der Waals surface area contributed by atoms with Crippen LogP contribution < -0.4 is 4.74 Å². The van der Waals surface area contributed by atoms with E-state index in [-0.39, 0.29) is 0 Å². The lowest BCUT2D eigenvalue weighted by Gasteiger charge is -2.20. The summed E-state index contributed by atoms with van der Waals surface area (Å²) in [5.41, 5.74) is 2.38. The Morgan fingerprint density at radius 3 is 3.27 bits per heavy atom. The van der Waals surface area contributed by atoms with Gasteiger partial charge in [-0.05, 0) is 12.1 Å². The van der Waals surface area contributed by atoms with E-state index in [0.29, 0.717) is 5.25 Å². The van der Waals surface area contributed by atoms with E-state index in [1.54, 1.807) is 6.26 Å². The molecule has 15 heavy (non-hydrogen) atoms. The third-order valence-electron chi connectivity index (χ3n) is 2.57. The number of allylic oxidation sites excluding steroid dienone is 1. The number of nitrogens with zero attached hydrogens (tertiary/aromatic N) is 1. The van der Waals surface area contributed by atoms with E-state index in [1.807, 2.05) is 30.0 Å². The fourth-order valence-electron chi connectivity index (χ4n) is 1.88. The van der Waals surface area contributed by atoms with Crippen LogP contribution in [-0.2, 0) is 0 Å². The number of hydrogen-bond donors (Lipinski definition) is 0. The molecule has 0 saturated carbocycles. The van der Waals surface area contributed by atoms with Crippen molar-refractivity contribution in [3.63, 3.8) is 0 Å². The highest BCUT2D eigenvalue weighted by molar-refractivity contribution is 8.00. The van der Waals surface area contributed by atoms with Gasteiger partial charge in [-0.15, -0.1) is 11.8 Å². The second-order valence-corrected chi connectivity index (χ2v) is 4.73. The summed E-state index contributed by atoms with van der Waals surface area (Å²) in [6.07, 6.45) is 3.72. The maximum absolute atomic E-state index is 5.57. The monoisotopic (exact) mass is 217 g/mol. The summed E-state index contributed by atoms with van der Waals surface area (Å²) in [4.78, 5) is 4.54. The molecule has 3 heteroatoms. The molecule has 2 aliphatic heterocycles. The number of ether oxygens (including phenoxy) is 1. The first-order valence-corrected chi connectivity index (χ1v) is 6.08. The molecule has 0 radical (unpaired) electrons. The first kappa shape index (κ1) is 9.04. The molecule has 2 nitrogen and oxygen atoms in total. The Balaban J connectivity index is 2.13. The van der Waals surface area contributed by atoms with Crippen molar-refractivity contribution in [3.8, 4) is 5.75 Å². The number of hydrogen-bond acceptors (Lipinski definition) is 3. The molecule has 1 unspecified atom stereocenters. The van der Waals surface area contributed by atoms with Gasteiger partial charge in [-0.2, -0.15) is 0 Å². The normalized spacial score (nSPS) is 23.2. The van der Waals surface area contributed by atoms with Gasteiger partial charge in [0.25, 0.3) is 0 Å². The van der Waals surface area contributed by atoms with Crippen LogP contribution in [0.1, 0.15) is 10.8 Å². The van der Waals surface area contributed by atoms with E-state index in [0.717, 1.165) is 23.8 Å². The minimum absolute atomic E-state index is 0.355. The standard InChI is InChI=1S/C12H11NOS/c1-2-4-11-9(3-1)12-10(5-7-14-11)13-6-8-15-12/h1-5,7,12H,6,8H2. The minimum atomic E-state index is 0.355. The Hall–Kier alpha value is -1.22. The van der Waals surface area contributed by atoms with Crippen LogP contribution in [0.5, 0.6) is 5.75 Å². The Morgan fingerprint density at radius 1 is 1.33 bits per heavy atom. The van der Waals surface area contributed by atoms with Gasteiger partial charge in [-0.1, -0.05) is 18.2 Å². The van der Waals surface area contributed by atoms with Crippen LogP contribution in [0.4, 0.5) is 0 Å². The smallest absolute Gasteiger partial charge is 0.131 e. The molecule has 1 aromatic carbocycles. The van der Waals surface area contributed by atoms with E-state index in [9.17, 15) is 0 Å². The van der Waals surface area contributed by atoms with Gasteiger partial charge in [0, 0.05) is 17.9 Å². The van der Waals surface area contributed by atoms with Crippen LogP contribution in [0.2, 0.25) is 0 Å². The fraction of sp³-hybridized carbons (Fsp3) is 0.250. The van der Waals surface area contributed by atoms with Crippen LogP contribution in [-0.4, -0.2) is 18.0 Å². The molecule has 0 fully saturated rings. The lowest BCUT2D eigenvalue weighted by Crippen LogP contribution is -2.13. The molecule has 0 amide bonds. The summed E-state index contributed by atoms with van der Waals surface area (Å²) >= 11 is 1.94. The van der Waals surface area contributed by atoms with E-state index in [4.69, 9.17) is 4.74 Å². The topological polar surface area (TPSA) is 21.6 Å². The highest BCUT2D eigenvalue weighted by Crippen LogP contribution is 2.39. The number of fused-ring (bicyclic) bond motifs is 3. The van der Waals surface area contributed by atoms with Gasteiger partial charge in [0.15, 0.2) is 0 Å². The third-order valence-corrected chi connectivity index (χ3v) is 3.82. The molecule has 2 aliphatic rings. The molecule has 0 spiro atoms. The van der Waals surface area contributed by atoms with E-state index in [1.165, 1.54) is 5.56 Å². The molecule has 0 saturated heterocycles. The van der Waals surface area contributed by atoms with Crippen molar-refractivity contribution >= 4 is 17.5 Å². The lowest BCUT2D eigenvalue weighted by atomic mass is 10.1. The van der Waals surface area contributed by atoms with Crippen LogP contribution in [0, 0.1) is 0 Å². The van der Waals surface area contributed by atoms with Gasteiger partial charge in [-0.3, -0.25) is 4.99 Å². The summed E-state index contributed by atoms with van der Waals surface area (Å²) in [7, 11) is 0. The van der Waals surface area contributed by atoms with Crippen molar-refractivity contribution in [1.29, 1.82) is 0 Å². The highest BCUT2D eigenvalue weighted by atomic mass is 32.2. The maximum atomic E-state index is 5.57. The number of aliphatic imine (C=N–C) groups is 1. The zero-order valence-electron chi connectivity index (χ0n) is 8.22. The number of thioether (sulfide) groups is 1. The van der Waals surface area contributed by atoms with Gasteiger partial charge in [0.2, 0.25) is 0 Å². The molecule has 1 atom stereocenters. The molecule has 0 bridgehead atoms. The summed E-state index contributed by atoms with van der Waals surface area (Å²) in [6.45, 7) is 0.920. The van der Waals surface area contributed by atoms with Gasteiger partial charge < -0.3 is 4.74 Å². The highest BCUT2D eigenvalue weighted by Gasteiger charge is 2.24. The molecule has 0 aromatic heterocycles. The number of benzene rings is 1. The molecule has 2 heterocycles. The third kappa shape index (κ3) is 1.57. The zero-order chi connectivity index (χ0) is 10.1. The molecular weight excluding hydrogens is 206 g/mol. The quantitative estimate of drug-likeness (QED) is 0.666. The Morgan fingerprint density at radius 2 is 2.27 bits per heavy atom. The lowest BCUT2D eigenvalue weighted by molar-refractivity contribution is 0.479. The maximum Gasteiger partial charge on any atom is 0.131 e. The second kappa shape index (κ2) is 3.74. The minimum Gasteiger partial charge on any atom is -0.465 e. The molecule has 0 N–H and O–H groups in total. The van der Waals surface area contributed by atoms with E-state index < -0.39 is 0 Å². The summed E-state index contributed by atoms with van der Waals surface area (Å²) in [5, 5.41) is 0.355. The summed E-state index contributed by atoms with van der Waals surface area (Å²) in [6, 6.07) is 8.20. The van der Waals surface area contributed by atoms with Crippen LogP contribution in [0.3, 0.4) is 0 Å². The van der Waals surface area contributed by atoms with Crippen molar-refractivity contribution in [2.24, 2.45) is 4.99 Å². The number of para-hydroxylation sites is 1. The van der Waals surface area contributed by atoms with Crippen molar-refractivity contribution < 1.29 is 4.74 Å². The summed E-state index contributed by atoms with van der Waals surface area (Å²) in [5.74, 6) is 2.05. The van der Waals surface area contributed by atoms with Crippen LogP contribution >= 0.6 is 11.8 Å². The molecule has 76 valence electrons. The average molecular weight is 217 g/mol. The van der Waals surface area contributed by atoms with Gasteiger partial charge in [-0.25, -0.2) is 0 Å². The molecule has 3 rings (SSSR count). The van der Waals surface area contributed by atoms with Crippen molar-refractivity contribution in [2.75, 3.05) is 12.3 Å².